The summed E-state index contributed by atoms with van der Waals surface area (Å²) >= 11 is 5.93. The van der Waals surface area contributed by atoms with Crippen LogP contribution in [0, 0.1) is 5.82 Å². The fourth-order valence-corrected chi connectivity index (χ4v) is 2.55. The number of rotatable bonds is 3. The molecule has 7 heteroatoms. The van der Waals surface area contributed by atoms with Gasteiger partial charge in [0.1, 0.15) is 11.5 Å². The smallest absolute Gasteiger partial charge is 0.280 e. The Labute approximate surface area is 135 Å². The van der Waals surface area contributed by atoms with Crippen molar-refractivity contribution in [2.45, 2.75) is 0 Å². The van der Waals surface area contributed by atoms with Gasteiger partial charge in [-0.05, 0) is 24.3 Å². The maximum absolute atomic E-state index is 13.1. The molecule has 0 saturated carbocycles. The van der Waals surface area contributed by atoms with Crippen LogP contribution < -0.4 is 5.73 Å². The molecule has 0 unspecified atom stereocenters. The summed E-state index contributed by atoms with van der Waals surface area (Å²) in [5.74, 6) is -1.48. The predicted molar refractivity (Wildman–Crippen MR) is 84.3 cm³/mol. The highest BCUT2D eigenvalue weighted by atomic mass is 35.5. The number of benzene rings is 2. The highest BCUT2D eigenvalue weighted by Crippen LogP contribution is 2.23. The van der Waals surface area contributed by atoms with Crippen molar-refractivity contribution in [2.24, 2.45) is 5.73 Å². The zero-order valence-electron chi connectivity index (χ0n) is 11.8. The minimum absolute atomic E-state index is 0.0266. The number of fused-ring (bicyclic) bond motifs is 1. The van der Waals surface area contributed by atoms with E-state index in [9.17, 15) is 14.0 Å². The Bertz CT molecular complexity index is 936. The number of hydrogen-bond donors (Lipinski definition) is 1. The summed E-state index contributed by atoms with van der Waals surface area (Å²) < 4.78 is 14.2. The number of nitrogens with two attached hydrogens (primary N) is 1. The largest absolute Gasteiger partial charge is 0.324 e. The molecule has 116 valence electrons. The van der Waals surface area contributed by atoms with Crippen molar-refractivity contribution in [3.63, 3.8) is 0 Å². The van der Waals surface area contributed by atoms with Crippen LogP contribution in [0.5, 0.6) is 0 Å². The molecule has 0 aliphatic carbocycles. The lowest BCUT2D eigenvalue weighted by atomic mass is 10.1. The molecule has 0 amide bonds. The minimum atomic E-state index is -0.553. The molecule has 0 saturated heterocycles. The molecule has 2 aromatic carbocycles. The molecule has 0 fully saturated rings. The molecule has 0 aliphatic heterocycles. The van der Waals surface area contributed by atoms with Crippen LogP contribution in [-0.4, -0.2) is 28.0 Å². The maximum atomic E-state index is 13.1. The average molecular weight is 332 g/mol. The van der Waals surface area contributed by atoms with Gasteiger partial charge in [0.15, 0.2) is 5.78 Å². The molecule has 1 heterocycles. The lowest BCUT2D eigenvalue weighted by Crippen LogP contribution is -2.17. The van der Waals surface area contributed by atoms with Crippen LogP contribution in [0.3, 0.4) is 0 Å². The number of ketones is 1. The Morgan fingerprint density at radius 1 is 1.22 bits per heavy atom. The van der Waals surface area contributed by atoms with Gasteiger partial charge in [-0.1, -0.05) is 29.8 Å². The zero-order valence-corrected chi connectivity index (χ0v) is 12.5. The van der Waals surface area contributed by atoms with E-state index in [0.717, 1.165) is 16.8 Å². The summed E-state index contributed by atoms with van der Waals surface area (Å²) in [5.41, 5.74) is 6.05. The van der Waals surface area contributed by atoms with Crippen LogP contribution in [0.15, 0.2) is 42.5 Å². The molecule has 0 spiro atoms. The van der Waals surface area contributed by atoms with Crippen molar-refractivity contribution in [2.75, 3.05) is 6.54 Å². The zero-order chi connectivity index (χ0) is 16.6. The highest BCUT2D eigenvalue weighted by molar-refractivity contribution is 6.34. The molecule has 23 heavy (non-hydrogen) atoms. The molecule has 3 rings (SSSR count). The Morgan fingerprint density at radius 3 is 2.65 bits per heavy atom. The van der Waals surface area contributed by atoms with Gasteiger partial charge in [-0.3, -0.25) is 9.59 Å². The van der Waals surface area contributed by atoms with E-state index < -0.39 is 11.7 Å². The molecular formula is C16H11ClFN3O2. The van der Waals surface area contributed by atoms with E-state index in [1.54, 1.807) is 24.3 Å². The Morgan fingerprint density at radius 2 is 1.96 bits per heavy atom. The normalized spacial score (nSPS) is 10.9. The van der Waals surface area contributed by atoms with E-state index in [4.69, 9.17) is 17.3 Å². The van der Waals surface area contributed by atoms with Crippen molar-refractivity contribution < 1.29 is 14.0 Å². The Kier molecular flexibility index (Phi) is 3.94. The first-order valence-electron chi connectivity index (χ1n) is 6.73. The van der Waals surface area contributed by atoms with E-state index in [1.165, 1.54) is 6.07 Å². The van der Waals surface area contributed by atoms with E-state index in [0.29, 0.717) is 10.9 Å². The van der Waals surface area contributed by atoms with Crippen LogP contribution in [0.2, 0.25) is 5.02 Å². The first-order valence-corrected chi connectivity index (χ1v) is 7.11. The van der Waals surface area contributed by atoms with Gasteiger partial charge < -0.3 is 5.73 Å². The number of carbonyl (C=O) groups is 2. The molecule has 2 N–H and O–H groups in total. The van der Waals surface area contributed by atoms with Gasteiger partial charge in [-0.15, -0.1) is 0 Å². The number of halogens is 2. The van der Waals surface area contributed by atoms with E-state index in [-0.39, 0.29) is 28.6 Å². The van der Waals surface area contributed by atoms with Crippen LogP contribution in [0.25, 0.3) is 10.9 Å². The van der Waals surface area contributed by atoms with E-state index in [2.05, 4.69) is 5.10 Å². The fraction of sp³-hybridized carbons (Fsp3) is 0.0625. The molecule has 5 nitrogen and oxygen atoms in total. The second-order valence-electron chi connectivity index (χ2n) is 4.83. The summed E-state index contributed by atoms with van der Waals surface area (Å²) in [6.07, 6.45) is 0. The quantitative estimate of drug-likeness (QED) is 0.748. The number of carbonyl (C=O) groups excluding carboxylic acids is 2. The molecule has 0 aliphatic rings. The van der Waals surface area contributed by atoms with Crippen molar-refractivity contribution >= 4 is 34.2 Å². The van der Waals surface area contributed by atoms with Crippen LogP contribution in [0.4, 0.5) is 4.39 Å². The maximum Gasteiger partial charge on any atom is 0.280 e. The van der Waals surface area contributed by atoms with Gasteiger partial charge in [0.25, 0.3) is 5.91 Å². The van der Waals surface area contributed by atoms with Gasteiger partial charge in [-0.25, -0.2) is 4.39 Å². The van der Waals surface area contributed by atoms with Gasteiger partial charge in [-0.2, -0.15) is 9.78 Å². The van der Waals surface area contributed by atoms with Crippen molar-refractivity contribution in [3.05, 3.63) is 64.6 Å². The first kappa shape index (κ1) is 15.3. The second kappa shape index (κ2) is 5.91. The van der Waals surface area contributed by atoms with E-state index in [1.807, 2.05) is 0 Å². The minimum Gasteiger partial charge on any atom is -0.324 e. The monoisotopic (exact) mass is 331 g/mol. The number of nitrogens with zero attached hydrogens (tertiary/aromatic N) is 2. The number of Topliss-reactive ketones (excluding diaryl/α,β-unsaturated/α-hetero) is 1. The van der Waals surface area contributed by atoms with Crippen LogP contribution in [-0.2, 0) is 0 Å². The molecule has 3 aromatic rings. The Hall–Kier alpha value is -2.57. The van der Waals surface area contributed by atoms with E-state index >= 15 is 0 Å². The third-order valence-corrected chi connectivity index (χ3v) is 3.70. The summed E-state index contributed by atoms with van der Waals surface area (Å²) in [6, 6.07) is 10.3. The number of aromatic nitrogens is 2. The summed E-state index contributed by atoms with van der Waals surface area (Å²) in [7, 11) is 0. The van der Waals surface area contributed by atoms with Gasteiger partial charge >= 0.3 is 0 Å². The van der Waals surface area contributed by atoms with Crippen LogP contribution >= 0.6 is 11.6 Å². The topological polar surface area (TPSA) is 78.0 Å². The van der Waals surface area contributed by atoms with Gasteiger partial charge in [0, 0.05) is 5.39 Å². The van der Waals surface area contributed by atoms with Crippen molar-refractivity contribution in [1.82, 2.24) is 9.78 Å². The molecule has 0 radical (unpaired) electrons. The third kappa shape index (κ3) is 2.62. The summed E-state index contributed by atoms with van der Waals surface area (Å²) in [4.78, 5) is 24.6. The third-order valence-electron chi connectivity index (χ3n) is 3.39. The van der Waals surface area contributed by atoms with Gasteiger partial charge in [0.05, 0.1) is 22.6 Å². The summed E-state index contributed by atoms with van der Waals surface area (Å²) in [6.45, 7) is -0.216. The molecular weight excluding hydrogens is 321 g/mol. The highest BCUT2D eigenvalue weighted by Gasteiger charge is 2.21. The number of hydrogen-bond acceptors (Lipinski definition) is 4. The van der Waals surface area contributed by atoms with Crippen molar-refractivity contribution in [3.8, 4) is 0 Å². The lowest BCUT2D eigenvalue weighted by Gasteiger charge is -2.04. The second-order valence-corrected chi connectivity index (χ2v) is 5.24. The standard InChI is InChI=1S/C16H11ClFN3O2/c17-12-7-9(18)5-6-10(12)16(23)21-13-4-2-1-3-11(13)15(20-21)14(22)8-19/h1-7H,8,19H2. The van der Waals surface area contributed by atoms with Crippen LogP contribution in [0.1, 0.15) is 20.8 Å². The first-order chi connectivity index (χ1) is 11.0. The van der Waals surface area contributed by atoms with Crippen molar-refractivity contribution in [1.29, 1.82) is 0 Å². The van der Waals surface area contributed by atoms with Gasteiger partial charge in [0.2, 0.25) is 0 Å². The molecule has 1 aromatic heterocycles. The summed E-state index contributed by atoms with van der Waals surface area (Å²) in [5, 5.41) is 4.58. The predicted octanol–water partition coefficient (Wildman–Crippen LogP) is 2.66. The molecule has 0 atom stereocenters. The Balaban J connectivity index is 2.20. The fourth-order valence-electron chi connectivity index (χ4n) is 2.30. The average Bonchev–Trinajstić information content (AvgIpc) is 2.93. The lowest BCUT2D eigenvalue weighted by molar-refractivity contribution is 0.0948. The number of para-hydroxylation sites is 1. The SMILES string of the molecule is NCC(=O)c1nn(C(=O)c2ccc(F)cc2Cl)c2ccccc12. The molecule has 0 bridgehead atoms.